The van der Waals surface area contributed by atoms with E-state index in [1.807, 2.05) is 0 Å². The first-order valence-electron chi connectivity index (χ1n) is 7.08. The Hall–Kier alpha value is -1.77. The summed E-state index contributed by atoms with van der Waals surface area (Å²) >= 11 is 3.18. The minimum Gasteiger partial charge on any atom is -0.322 e. The molecule has 8 heteroatoms. The lowest BCUT2D eigenvalue weighted by atomic mass is 10.2. The van der Waals surface area contributed by atoms with Crippen LogP contribution >= 0.6 is 15.9 Å². The van der Waals surface area contributed by atoms with E-state index in [4.69, 9.17) is 0 Å². The lowest BCUT2D eigenvalue weighted by molar-refractivity contribution is 0.102. The minimum atomic E-state index is -3.60. The largest absolute Gasteiger partial charge is 0.322 e. The molecule has 2 aromatic rings. The molecule has 2 rings (SSSR count). The second kappa shape index (κ2) is 7.42. The number of hydrogen-bond donors (Lipinski definition) is 2. The SMILES string of the molecule is CC(C)NS(=O)(=O)c1ccc(NC(=O)c2cc(Br)ccc2F)cc1. The Labute approximate surface area is 148 Å². The number of halogens is 2. The van der Waals surface area contributed by atoms with E-state index in [1.54, 1.807) is 13.8 Å². The van der Waals surface area contributed by atoms with E-state index >= 15 is 0 Å². The molecule has 24 heavy (non-hydrogen) atoms. The van der Waals surface area contributed by atoms with Crippen LogP contribution < -0.4 is 10.0 Å². The Kier molecular flexibility index (Phi) is 5.74. The van der Waals surface area contributed by atoms with Crippen LogP contribution in [-0.2, 0) is 10.0 Å². The van der Waals surface area contributed by atoms with Crippen LogP contribution in [0.1, 0.15) is 24.2 Å². The van der Waals surface area contributed by atoms with Gasteiger partial charge >= 0.3 is 0 Å². The van der Waals surface area contributed by atoms with Crippen molar-refractivity contribution in [2.45, 2.75) is 24.8 Å². The highest BCUT2D eigenvalue weighted by Gasteiger charge is 2.16. The zero-order valence-electron chi connectivity index (χ0n) is 13.0. The van der Waals surface area contributed by atoms with Crippen molar-refractivity contribution < 1.29 is 17.6 Å². The number of carbonyl (C=O) groups excluding carboxylic acids is 1. The highest BCUT2D eigenvalue weighted by atomic mass is 79.9. The Bertz CT molecular complexity index is 852. The highest BCUT2D eigenvalue weighted by Crippen LogP contribution is 2.19. The van der Waals surface area contributed by atoms with Gasteiger partial charge in [0.2, 0.25) is 10.0 Å². The molecule has 2 N–H and O–H groups in total. The van der Waals surface area contributed by atoms with Gasteiger partial charge in [-0.3, -0.25) is 4.79 Å². The van der Waals surface area contributed by atoms with Crippen LogP contribution in [-0.4, -0.2) is 20.4 Å². The van der Waals surface area contributed by atoms with Gasteiger partial charge in [-0.15, -0.1) is 0 Å². The third-order valence-electron chi connectivity index (χ3n) is 2.99. The van der Waals surface area contributed by atoms with Gasteiger partial charge in [-0.1, -0.05) is 15.9 Å². The Morgan fingerprint density at radius 1 is 1.12 bits per heavy atom. The smallest absolute Gasteiger partial charge is 0.258 e. The molecular formula is C16H16BrFN2O3S. The van der Waals surface area contributed by atoms with Crippen LogP contribution in [0.25, 0.3) is 0 Å². The summed E-state index contributed by atoms with van der Waals surface area (Å²) in [5.41, 5.74) is 0.255. The fourth-order valence-electron chi connectivity index (χ4n) is 1.97. The summed E-state index contributed by atoms with van der Waals surface area (Å²) < 4.78 is 40.8. The van der Waals surface area contributed by atoms with Gasteiger partial charge in [0.05, 0.1) is 10.5 Å². The molecule has 128 valence electrons. The van der Waals surface area contributed by atoms with Crippen molar-refractivity contribution >= 4 is 37.5 Å². The molecule has 0 aliphatic heterocycles. The summed E-state index contributed by atoms with van der Waals surface area (Å²) in [7, 11) is -3.60. The molecule has 0 spiro atoms. The molecular weight excluding hydrogens is 399 g/mol. The first-order chi connectivity index (χ1) is 11.2. The van der Waals surface area contributed by atoms with Crippen molar-refractivity contribution in [3.8, 4) is 0 Å². The monoisotopic (exact) mass is 414 g/mol. The van der Waals surface area contributed by atoms with E-state index in [0.717, 1.165) is 0 Å². The zero-order chi connectivity index (χ0) is 17.9. The predicted molar refractivity (Wildman–Crippen MR) is 94.0 cm³/mol. The molecule has 0 fully saturated rings. The molecule has 0 aliphatic carbocycles. The molecule has 0 aliphatic rings. The lowest BCUT2D eigenvalue weighted by Gasteiger charge is -2.11. The van der Waals surface area contributed by atoms with Gasteiger partial charge in [0.15, 0.2) is 0 Å². The normalized spacial score (nSPS) is 11.5. The summed E-state index contributed by atoms with van der Waals surface area (Å²) in [6, 6.07) is 9.46. The number of carbonyl (C=O) groups is 1. The molecule has 0 atom stereocenters. The van der Waals surface area contributed by atoms with E-state index in [0.29, 0.717) is 10.2 Å². The van der Waals surface area contributed by atoms with Crippen molar-refractivity contribution in [3.05, 3.63) is 58.3 Å². The first-order valence-corrected chi connectivity index (χ1v) is 9.35. The van der Waals surface area contributed by atoms with Gasteiger partial charge in [0.1, 0.15) is 5.82 Å². The van der Waals surface area contributed by atoms with Crippen molar-refractivity contribution in [1.82, 2.24) is 4.72 Å². The molecule has 0 radical (unpaired) electrons. The maximum absolute atomic E-state index is 13.7. The number of amides is 1. The second-order valence-electron chi connectivity index (χ2n) is 5.38. The summed E-state index contributed by atoms with van der Waals surface area (Å²) in [4.78, 5) is 12.2. The number of nitrogens with one attached hydrogen (secondary N) is 2. The molecule has 0 saturated carbocycles. The van der Waals surface area contributed by atoms with Gasteiger partial charge in [0, 0.05) is 16.2 Å². The van der Waals surface area contributed by atoms with E-state index in [1.165, 1.54) is 42.5 Å². The van der Waals surface area contributed by atoms with Crippen LogP contribution in [0, 0.1) is 5.82 Å². The quantitative estimate of drug-likeness (QED) is 0.785. The maximum Gasteiger partial charge on any atom is 0.258 e. The summed E-state index contributed by atoms with van der Waals surface area (Å²) in [6.45, 7) is 3.44. The molecule has 1 amide bonds. The lowest BCUT2D eigenvalue weighted by Crippen LogP contribution is -2.30. The van der Waals surface area contributed by atoms with Crippen molar-refractivity contribution in [3.63, 3.8) is 0 Å². The number of hydrogen-bond acceptors (Lipinski definition) is 3. The van der Waals surface area contributed by atoms with Gasteiger partial charge in [0.25, 0.3) is 5.91 Å². The molecule has 0 saturated heterocycles. The number of benzene rings is 2. The predicted octanol–water partition coefficient (Wildman–Crippen LogP) is 3.53. The second-order valence-corrected chi connectivity index (χ2v) is 8.01. The number of rotatable bonds is 5. The van der Waals surface area contributed by atoms with Crippen LogP contribution in [0.4, 0.5) is 10.1 Å². The fourth-order valence-corrected chi connectivity index (χ4v) is 3.58. The van der Waals surface area contributed by atoms with Crippen molar-refractivity contribution in [1.29, 1.82) is 0 Å². The van der Waals surface area contributed by atoms with E-state index in [-0.39, 0.29) is 16.5 Å². The molecule has 0 bridgehead atoms. The topological polar surface area (TPSA) is 75.3 Å². The zero-order valence-corrected chi connectivity index (χ0v) is 15.4. The number of sulfonamides is 1. The molecule has 0 aromatic heterocycles. The first kappa shape index (κ1) is 18.6. The summed E-state index contributed by atoms with van der Waals surface area (Å²) in [5.74, 6) is -1.26. The van der Waals surface area contributed by atoms with Crippen molar-refractivity contribution in [2.24, 2.45) is 0 Å². The average molecular weight is 415 g/mol. The van der Waals surface area contributed by atoms with Gasteiger partial charge in [-0.25, -0.2) is 17.5 Å². The van der Waals surface area contributed by atoms with E-state index in [9.17, 15) is 17.6 Å². The average Bonchev–Trinajstić information content (AvgIpc) is 2.49. The summed E-state index contributed by atoms with van der Waals surface area (Å²) in [5, 5.41) is 2.53. The van der Waals surface area contributed by atoms with Gasteiger partial charge in [-0.2, -0.15) is 0 Å². The van der Waals surface area contributed by atoms with Crippen LogP contribution in [0.15, 0.2) is 51.8 Å². The third kappa shape index (κ3) is 4.62. The Morgan fingerprint density at radius 2 is 1.75 bits per heavy atom. The van der Waals surface area contributed by atoms with Crippen LogP contribution in [0.2, 0.25) is 0 Å². The van der Waals surface area contributed by atoms with Crippen LogP contribution in [0.3, 0.4) is 0 Å². The Morgan fingerprint density at radius 3 is 2.33 bits per heavy atom. The van der Waals surface area contributed by atoms with Crippen LogP contribution in [0.5, 0.6) is 0 Å². The highest BCUT2D eigenvalue weighted by molar-refractivity contribution is 9.10. The minimum absolute atomic E-state index is 0.0860. The van der Waals surface area contributed by atoms with E-state index in [2.05, 4.69) is 26.0 Å². The maximum atomic E-state index is 13.7. The standard InChI is InChI=1S/C16H16BrFN2O3S/c1-10(2)20-24(22,23)13-6-4-12(5-7-13)19-16(21)14-9-11(17)3-8-15(14)18/h3-10,20H,1-2H3,(H,19,21). The van der Waals surface area contributed by atoms with Crippen molar-refractivity contribution in [2.75, 3.05) is 5.32 Å². The molecule has 0 unspecified atom stereocenters. The molecule has 2 aromatic carbocycles. The molecule has 0 heterocycles. The molecule has 5 nitrogen and oxygen atoms in total. The third-order valence-corrected chi connectivity index (χ3v) is 5.15. The van der Waals surface area contributed by atoms with Gasteiger partial charge in [-0.05, 0) is 56.3 Å². The van der Waals surface area contributed by atoms with Gasteiger partial charge < -0.3 is 5.32 Å². The Balaban J connectivity index is 2.17. The fraction of sp³-hybridized carbons (Fsp3) is 0.188. The number of anilines is 1. The summed E-state index contributed by atoms with van der Waals surface area (Å²) in [6.07, 6.45) is 0. The van der Waals surface area contributed by atoms with E-state index < -0.39 is 21.7 Å².